The average Bonchev–Trinajstić information content (AvgIpc) is 3.33. The van der Waals surface area contributed by atoms with Gasteiger partial charge in [-0.25, -0.2) is 44.8 Å². The van der Waals surface area contributed by atoms with Gasteiger partial charge in [0.05, 0.1) is 61.4 Å². The van der Waals surface area contributed by atoms with Gasteiger partial charge in [-0.2, -0.15) is 0 Å². The van der Waals surface area contributed by atoms with Crippen molar-refractivity contribution in [3.05, 3.63) is 166 Å². The van der Waals surface area contributed by atoms with Crippen molar-refractivity contribution in [2.24, 2.45) is 0 Å². The fourth-order valence-electron chi connectivity index (χ4n) is 11.2. The van der Waals surface area contributed by atoms with E-state index in [0.717, 1.165) is 69.1 Å². The molecule has 4 aliphatic rings. The van der Waals surface area contributed by atoms with Gasteiger partial charge in [0.25, 0.3) is 0 Å². The number of amides is 4. The van der Waals surface area contributed by atoms with Crippen LogP contribution in [0.2, 0.25) is 0 Å². The Labute approximate surface area is 498 Å². The minimum Gasteiger partial charge on any atom is -0.465 e. The van der Waals surface area contributed by atoms with E-state index in [-0.39, 0.29) is 96.9 Å². The van der Waals surface area contributed by atoms with E-state index in [9.17, 15) is 40.4 Å². The van der Waals surface area contributed by atoms with E-state index in [2.05, 4.69) is 76.7 Å². The summed E-state index contributed by atoms with van der Waals surface area (Å²) in [4.78, 5) is 64.2. The SMILES string of the molecule is COC(=O)c1ccc(CN(C(=O)N2CCS(=O)(=O)CC2)c2ccc(CN3C[C@@H](C)N(Cc4ccccc4)[C@@H](C)C3)cc2)c(F)c1.COC(=O)c1ccc(CN(C(=O)N2CCS(=O)(=O)CC2)c2ccc(CN3C[C@@H](C)N[C@@H](C)C3)cc2)c(F)c1.Cl. The fraction of sp³-hybridized carbons (Fsp3) is 0.443. The lowest BCUT2D eigenvalue weighted by Crippen LogP contribution is -2.55. The van der Waals surface area contributed by atoms with E-state index < -0.39 is 55.3 Å². The minimum absolute atomic E-state index is 0. The third-order valence-electron chi connectivity index (χ3n) is 15.6. The number of carbonyl (C=O) groups excluding carboxylic acids is 4. The molecular weight excluding hydrogens is 1140 g/mol. The second-order valence-corrected chi connectivity index (χ2v) is 26.8. The number of anilines is 2. The van der Waals surface area contributed by atoms with Crippen LogP contribution in [-0.4, -0.2) is 179 Å². The van der Waals surface area contributed by atoms with Crippen molar-refractivity contribution in [1.29, 1.82) is 0 Å². The topological polar surface area (TPSA) is 190 Å². The molecule has 9 rings (SSSR count). The number of piperazine rings is 2. The molecule has 1 N–H and O–H groups in total. The lowest BCUT2D eigenvalue weighted by molar-refractivity contribution is 0.0290. The van der Waals surface area contributed by atoms with E-state index in [1.807, 2.05) is 54.6 Å². The highest BCUT2D eigenvalue weighted by Crippen LogP contribution is 2.28. The zero-order chi connectivity index (χ0) is 59.6. The van der Waals surface area contributed by atoms with Crippen molar-refractivity contribution in [1.82, 2.24) is 29.8 Å². The number of carbonyl (C=O) groups is 4. The molecule has 0 unspecified atom stereocenters. The normalized spacial score (nSPS) is 20.8. The van der Waals surface area contributed by atoms with Crippen LogP contribution in [-0.2, 0) is 61.9 Å². The maximum absolute atomic E-state index is 15.1. The molecule has 4 heterocycles. The number of hydrogen-bond donors (Lipinski definition) is 1. The van der Waals surface area contributed by atoms with Crippen LogP contribution >= 0.6 is 12.4 Å². The van der Waals surface area contributed by atoms with Crippen molar-refractivity contribution >= 4 is 67.5 Å². The van der Waals surface area contributed by atoms with Crippen molar-refractivity contribution in [2.75, 3.05) is 99.4 Å². The summed E-state index contributed by atoms with van der Waals surface area (Å²) >= 11 is 0. The first kappa shape index (κ1) is 65.0. The Morgan fingerprint density at radius 3 is 1.26 bits per heavy atom. The lowest BCUT2D eigenvalue weighted by atomic mass is 10.0. The van der Waals surface area contributed by atoms with Gasteiger partial charge in [0.15, 0.2) is 19.7 Å². The second-order valence-electron chi connectivity index (χ2n) is 22.2. The zero-order valence-electron chi connectivity index (χ0n) is 48.5. The van der Waals surface area contributed by atoms with Crippen molar-refractivity contribution in [2.45, 2.75) is 84.6 Å². The summed E-state index contributed by atoms with van der Waals surface area (Å²) in [6.45, 7) is 15.2. The maximum Gasteiger partial charge on any atom is 0.337 e. The van der Waals surface area contributed by atoms with Gasteiger partial charge >= 0.3 is 24.0 Å². The van der Waals surface area contributed by atoms with Crippen LogP contribution in [0, 0.1) is 11.6 Å². The fourth-order valence-corrected chi connectivity index (χ4v) is 13.6. The molecule has 4 amide bonds. The third kappa shape index (κ3) is 17.3. The summed E-state index contributed by atoms with van der Waals surface area (Å²) in [5.74, 6) is -2.99. The summed E-state index contributed by atoms with van der Waals surface area (Å²) in [7, 11) is -3.92. The van der Waals surface area contributed by atoms with Crippen molar-refractivity contribution < 1.29 is 54.3 Å². The second kappa shape index (κ2) is 29.0. The number of halogens is 3. The van der Waals surface area contributed by atoms with Gasteiger partial charge in [-0.15, -0.1) is 12.4 Å². The monoisotopic (exact) mass is 1220 g/mol. The first-order chi connectivity index (χ1) is 39.6. The Kier molecular flexibility index (Phi) is 22.5. The smallest absolute Gasteiger partial charge is 0.337 e. The van der Waals surface area contributed by atoms with Gasteiger partial charge in [0.1, 0.15) is 11.6 Å². The molecule has 5 aromatic carbocycles. The number of nitrogens with one attached hydrogen (secondary N) is 1. The molecule has 4 saturated heterocycles. The molecule has 0 radical (unpaired) electrons. The number of esters is 2. The quantitative estimate of drug-likeness (QED) is 0.107. The number of rotatable bonds is 14. The predicted octanol–water partition coefficient (Wildman–Crippen LogP) is 7.64. The number of urea groups is 2. The molecule has 454 valence electrons. The van der Waals surface area contributed by atoms with E-state index in [1.165, 1.54) is 63.6 Å². The highest BCUT2D eigenvalue weighted by Gasteiger charge is 2.33. The minimum atomic E-state index is -3.19. The number of ether oxygens (including phenoxy) is 2. The number of methoxy groups -OCH3 is 2. The molecule has 0 bridgehead atoms. The Hall–Kier alpha value is -6.53. The molecule has 0 spiro atoms. The molecule has 4 fully saturated rings. The lowest BCUT2D eigenvalue weighted by Gasteiger charge is -2.44. The van der Waals surface area contributed by atoms with Crippen LogP contribution in [0.25, 0.3) is 0 Å². The molecule has 5 aromatic rings. The van der Waals surface area contributed by atoms with Gasteiger partial charge in [0, 0.05) is 119 Å². The van der Waals surface area contributed by atoms with Crippen LogP contribution in [0.4, 0.5) is 29.7 Å². The van der Waals surface area contributed by atoms with E-state index in [4.69, 9.17) is 4.74 Å². The molecule has 84 heavy (non-hydrogen) atoms. The highest BCUT2D eigenvalue weighted by molar-refractivity contribution is 7.91. The number of sulfone groups is 2. The molecule has 4 atom stereocenters. The maximum atomic E-state index is 15.1. The van der Waals surface area contributed by atoms with Gasteiger partial charge in [-0.1, -0.05) is 66.7 Å². The van der Waals surface area contributed by atoms with Gasteiger partial charge in [-0.05, 0) is 92.9 Å². The Morgan fingerprint density at radius 1 is 0.524 bits per heavy atom. The van der Waals surface area contributed by atoms with Gasteiger partial charge in [-0.3, -0.25) is 24.5 Å². The summed E-state index contributed by atoms with van der Waals surface area (Å²) in [5.41, 5.74) is 5.25. The third-order valence-corrected chi connectivity index (χ3v) is 18.8. The van der Waals surface area contributed by atoms with Crippen molar-refractivity contribution in [3.8, 4) is 0 Å². The summed E-state index contributed by atoms with van der Waals surface area (Å²) in [6.07, 6.45) is 0. The van der Waals surface area contributed by atoms with Crippen LogP contribution < -0.4 is 15.1 Å². The number of nitrogens with zero attached hydrogens (tertiary/aromatic N) is 7. The molecule has 0 aromatic heterocycles. The summed E-state index contributed by atoms with van der Waals surface area (Å²) in [6, 6.07) is 34.6. The Balaban J connectivity index is 0.000000242. The molecule has 0 saturated carbocycles. The van der Waals surface area contributed by atoms with Crippen LogP contribution in [0.3, 0.4) is 0 Å². The van der Waals surface area contributed by atoms with Crippen molar-refractivity contribution in [3.63, 3.8) is 0 Å². The molecule has 0 aliphatic carbocycles. The highest BCUT2D eigenvalue weighted by atomic mass is 35.5. The van der Waals surface area contributed by atoms with Crippen LogP contribution in [0.15, 0.2) is 115 Å². The van der Waals surface area contributed by atoms with Crippen LogP contribution in [0.1, 0.15) is 76.2 Å². The van der Waals surface area contributed by atoms with Gasteiger partial charge < -0.3 is 24.6 Å². The molecule has 23 heteroatoms. The van der Waals surface area contributed by atoms with E-state index >= 15 is 4.39 Å². The largest absolute Gasteiger partial charge is 0.465 e. The average molecular weight is 1220 g/mol. The molecule has 4 aliphatic heterocycles. The van der Waals surface area contributed by atoms with E-state index in [1.54, 1.807) is 0 Å². The van der Waals surface area contributed by atoms with Crippen LogP contribution in [0.5, 0.6) is 0 Å². The Morgan fingerprint density at radius 2 is 0.893 bits per heavy atom. The first-order valence-corrected chi connectivity index (χ1v) is 31.7. The zero-order valence-corrected chi connectivity index (χ0v) is 50.9. The number of benzene rings is 5. The summed E-state index contributed by atoms with van der Waals surface area (Å²) < 4.78 is 87.2. The standard InChI is InChI=1S/C34H41FN4O5S.C27H35FN4O5S.ClH/c1-25-20-36(21-26(2)38(25)23-27-7-5-4-6-8-27)22-28-9-13-31(14-10-28)39(34(41)37-15-17-45(42,43)18-16-37)24-30-12-11-29(19-32(30)35)33(40)44-3;1-19-15-30(16-20(2)29-19)17-21-4-8-24(9-5-21)32(27(34)31-10-12-38(35,36)13-11-31)18-23-7-6-22(14-25(23)28)26(33)37-3;/h4-14,19,25-26H,15-18,20-24H2,1-3H3;4-9,14,19-20,29H,10-13,15-18H2,1-3H3;1H/t25-,26+;19-,20+;. The summed E-state index contributed by atoms with van der Waals surface area (Å²) in [5, 5.41) is 3.52. The van der Waals surface area contributed by atoms with Gasteiger partial charge in [0.2, 0.25) is 0 Å². The van der Waals surface area contributed by atoms with E-state index in [0.29, 0.717) is 35.5 Å². The first-order valence-electron chi connectivity index (χ1n) is 28.0. The molecular formula is C61H77ClF2N8O10S2. The number of hydrogen-bond acceptors (Lipinski definition) is 14. The molecule has 18 nitrogen and oxygen atoms in total. The Bertz CT molecular complexity index is 3270. The predicted molar refractivity (Wildman–Crippen MR) is 323 cm³/mol.